The fraction of sp³-hybridized carbons (Fsp3) is 0.357. The molecular formula is C28H26Cl2F2N2O2S2. The maximum absolute atomic E-state index is 13.7. The number of nitrogens with one attached hydrogen (secondary N) is 2. The highest BCUT2D eigenvalue weighted by Crippen LogP contribution is 2.46. The Morgan fingerprint density at radius 3 is 1.97 bits per heavy atom. The van der Waals surface area contributed by atoms with Gasteiger partial charge in [0.05, 0.1) is 10.0 Å². The average molecular weight is 596 g/mol. The zero-order valence-electron chi connectivity index (χ0n) is 21.0. The van der Waals surface area contributed by atoms with Crippen LogP contribution in [0.25, 0.3) is 20.2 Å². The standard InChI is InChI=1S/C28H26Cl2F2N2O2S2/c1-27(2)10-16(34-26(36)24-22(30)18-7-5-15(32)9-20(18)38-24)11-28(3,12-27)13-33-25(35)23-21(29)17-6-4-14(31)8-19(17)37-23/h4-9,16H,10-13H2,1-3H3,(H,33,35)(H,34,36)/t16-,28+/m1/s1. The molecule has 2 heterocycles. The smallest absolute Gasteiger partial charge is 0.263 e. The van der Waals surface area contributed by atoms with E-state index in [1.54, 1.807) is 12.1 Å². The van der Waals surface area contributed by atoms with Gasteiger partial charge < -0.3 is 10.6 Å². The molecule has 2 amide bonds. The Morgan fingerprint density at radius 1 is 0.895 bits per heavy atom. The van der Waals surface area contributed by atoms with Crippen molar-refractivity contribution in [2.24, 2.45) is 10.8 Å². The molecule has 5 rings (SSSR count). The Kier molecular flexibility index (Phi) is 7.22. The SMILES string of the molecule is CC1(C)C[C@@H](NC(=O)c2sc3cc(F)ccc3c2Cl)C[C@](C)(CNC(=O)c2sc3cc(F)ccc3c2Cl)C1. The lowest BCUT2D eigenvalue weighted by molar-refractivity contribution is 0.0594. The third-order valence-electron chi connectivity index (χ3n) is 7.05. The summed E-state index contributed by atoms with van der Waals surface area (Å²) in [5, 5.41) is 8.12. The van der Waals surface area contributed by atoms with Crippen LogP contribution in [-0.4, -0.2) is 24.4 Å². The summed E-state index contributed by atoms with van der Waals surface area (Å²) in [6, 6.07) is 8.44. The number of thiophene rings is 2. The number of benzene rings is 2. The zero-order valence-corrected chi connectivity index (χ0v) is 24.2. The van der Waals surface area contributed by atoms with Crippen LogP contribution in [0, 0.1) is 22.5 Å². The van der Waals surface area contributed by atoms with Crippen LogP contribution < -0.4 is 10.6 Å². The number of carbonyl (C=O) groups is 2. The average Bonchev–Trinajstić information content (AvgIpc) is 3.32. The zero-order chi connectivity index (χ0) is 27.4. The van der Waals surface area contributed by atoms with E-state index in [4.69, 9.17) is 23.2 Å². The number of hydrogen-bond acceptors (Lipinski definition) is 4. The van der Waals surface area contributed by atoms with Crippen molar-refractivity contribution >= 4 is 77.9 Å². The lowest BCUT2D eigenvalue weighted by Gasteiger charge is -2.47. The number of amides is 2. The van der Waals surface area contributed by atoms with Gasteiger partial charge in [-0.2, -0.15) is 0 Å². The Balaban J connectivity index is 1.30. The van der Waals surface area contributed by atoms with Gasteiger partial charge in [-0.25, -0.2) is 8.78 Å². The van der Waals surface area contributed by atoms with E-state index in [1.807, 2.05) is 0 Å². The van der Waals surface area contributed by atoms with Gasteiger partial charge in [-0.15, -0.1) is 22.7 Å². The molecule has 0 radical (unpaired) electrons. The molecule has 1 saturated carbocycles. The number of carbonyl (C=O) groups excluding carboxylic acids is 2. The fourth-order valence-corrected chi connectivity index (χ4v) is 8.77. The minimum Gasteiger partial charge on any atom is -0.351 e. The van der Waals surface area contributed by atoms with Crippen molar-refractivity contribution in [3.8, 4) is 0 Å². The molecule has 0 aliphatic heterocycles. The predicted molar refractivity (Wildman–Crippen MR) is 153 cm³/mol. The van der Waals surface area contributed by atoms with Crippen molar-refractivity contribution in [2.45, 2.75) is 46.1 Å². The van der Waals surface area contributed by atoms with Crippen LogP contribution in [0.4, 0.5) is 8.78 Å². The second-order valence-corrected chi connectivity index (χ2v) is 14.0. The van der Waals surface area contributed by atoms with E-state index < -0.39 is 0 Å². The third-order valence-corrected chi connectivity index (χ3v) is 10.4. The van der Waals surface area contributed by atoms with Crippen LogP contribution in [0.5, 0.6) is 0 Å². The van der Waals surface area contributed by atoms with Gasteiger partial charge in [-0.05, 0) is 66.5 Å². The molecule has 0 saturated heterocycles. The Labute approximate surface area is 237 Å². The first-order chi connectivity index (χ1) is 17.8. The van der Waals surface area contributed by atoms with Crippen molar-refractivity contribution < 1.29 is 18.4 Å². The number of hydrogen-bond donors (Lipinski definition) is 2. The maximum atomic E-state index is 13.7. The molecule has 0 bridgehead atoms. The molecule has 1 fully saturated rings. The van der Waals surface area contributed by atoms with Crippen molar-refractivity contribution in [3.63, 3.8) is 0 Å². The maximum Gasteiger partial charge on any atom is 0.263 e. The molecule has 1 aliphatic rings. The summed E-state index contributed by atoms with van der Waals surface area (Å²) in [5.41, 5.74) is -0.382. The first-order valence-corrected chi connectivity index (χ1v) is 14.6. The highest BCUT2D eigenvalue weighted by molar-refractivity contribution is 7.22. The van der Waals surface area contributed by atoms with Gasteiger partial charge in [0.15, 0.2) is 0 Å². The number of halogens is 4. The van der Waals surface area contributed by atoms with E-state index in [-0.39, 0.29) is 40.3 Å². The summed E-state index contributed by atoms with van der Waals surface area (Å²) >= 11 is 15.3. The molecule has 10 heteroatoms. The van der Waals surface area contributed by atoms with Gasteiger partial charge in [0, 0.05) is 32.8 Å². The highest BCUT2D eigenvalue weighted by Gasteiger charge is 2.42. The number of fused-ring (bicyclic) bond motifs is 2. The molecule has 2 aromatic heterocycles. The quantitative estimate of drug-likeness (QED) is 0.243. The molecule has 2 aromatic carbocycles. The summed E-state index contributed by atoms with van der Waals surface area (Å²) in [6.07, 6.45) is 2.28. The van der Waals surface area contributed by atoms with Gasteiger partial charge >= 0.3 is 0 Å². The van der Waals surface area contributed by atoms with E-state index in [2.05, 4.69) is 31.4 Å². The Bertz CT molecular complexity index is 1580. The molecule has 2 N–H and O–H groups in total. The van der Waals surface area contributed by atoms with Gasteiger partial charge in [0.2, 0.25) is 0 Å². The van der Waals surface area contributed by atoms with Crippen LogP contribution in [0.3, 0.4) is 0 Å². The summed E-state index contributed by atoms with van der Waals surface area (Å²) < 4.78 is 28.5. The third kappa shape index (κ3) is 5.41. The van der Waals surface area contributed by atoms with Gasteiger partial charge in [0.25, 0.3) is 11.8 Å². The Hall–Kier alpha value is -2.26. The second kappa shape index (κ2) is 10.0. The lowest BCUT2D eigenvalue weighted by atomic mass is 9.62. The van der Waals surface area contributed by atoms with Crippen molar-refractivity contribution in [1.29, 1.82) is 0 Å². The number of rotatable bonds is 5. The summed E-state index contributed by atoms with van der Waals surface area (Å²) in [4.78, 5) is 27.0. The topological polar surface area (TPSA) is 58.2 Å². The van der Waals surface area contributed by atoms with Crippen molar-refractivity contribution in [1.82, 2.24) is 10.6 Å². The first kappa shape index (κ1) is 27.3. The summed E-state index contributed by atoms with van der Waals surface area (Å²) in [6.45, 7) is 6.80. The van der Waals surface area contributed by atoms with Gasteiger partial charge in [0.1, 0.15) is 21.4 Å². The van der Waals surface area contributed by atoms with Gasteiger partial charge in [-0.1, -0.05) is 44.0 Å². The predicted octanol–water partition coefficient (Wildman–Crippen LogP) is 8.45. The molecule has 0 unspecified atom stereocenters. The van der Waals surface area contributed by atoms with Crippen LogP contribution in [0.2, 0.25) is 10.0 Å². The molecule has 200 valence electrons. The van der Waals surface area contributed by atoms with E-state index >= 15 is 0 Å². The molecule has 2 atom stereocenters. The molecule has 1 aliphatic carbocycles. The summed E-state index contributed by atoms with van der Waals surface area (Å²) in [7, 11) is 0. The summed E-state index contributed by atoms with van der Waals surface area (Å²) in [5.74, 6) is -1.34. The monoisotopic (exact) mass is 594 g/mol. The first-order valence-electron chi connectivity index (χ1n) is 12.2. The van der Waals surface area contributed by atoms with Gasteiger partial charge in [-0.3, -0.25) is 9.59 Å². The highest BCUT2D eigenvalue weighted by atomic mass is 35.5. The van der Waals surface area contributed by atoms with Crippen molar-refractivity contribution in [2.75, 3.05) is 6.54 Å². The molecule has 38 heavy (non-hydrogen) atoms. The Morgan fingerprint density at radius 2 is 1.42 bits per heavy atom. The van der Waals surface area contributed by atoms with Crippen LogP contribution in [-0.2, 0) is 0 Å². The normalized spacial score (nSPS) is 21.1. The molecule has 4 aromatic rings. The van der Waals surface area contributed by atoms with Crippen LogP contribution in [0.1, 0.15) is 59.4 Å². The van der Waals surface area contributed by atoms with E-state index in [0.717, 1.165) is 12.8 Å². The minimum absolute atomic E-state index is 0.0878. The lowest BCUT2D eigenvalue weighted by Crippen LogP contribution is -2.50. The van der Waals surface area contributed by atoms with E-state index in [1.165, 1.54) is 46.9 Å². The fourth-order valence-electron chi connectivity index (χ4n) is 5.87. The van der Waals surface area contributed by atoms with Crippen molar-refractivity contribution in [3.05, 3.63) is 67.8 Å². The molecule has 0 spiro atoms. The molecule has 4 nitrogen and oxygen atoms in total. The second-order valence-electron chi connectivity index (χ2n) is 11.2. The minimum atomic E-state index is -0.378. The van der Waals surface area contributed by atoms with E-state index in [0.29, 0.717) is 52.9 Å². The molecular weight excluding hydrogens is 569 g/mol. The van der Waals surface area contributed by atoms with Crippen LogP contribution in [0.15, 0.2) is 36.4 Å². The largest absolute Gasteiger partial charge is 0.351 e. The van der Waals surface area contributed by atoms with Crippen LogP contribution >= 0.6 is 45.9 Å². The van der Waals surface area contributed by atoms with E-state index in [9.17, 15) is 18.4 Å².